The molecule has 0 bridgehead atoms. The van der Waals surface area contributed by atoms with Gasteiger partial charge in [0.15, 0.2) is 5.54 Å². The van der Waals surface area contributed by atoms with E-state index in [0.717, 1.165) is 44.3 Å². The summed E-state index contributed by atoms with van der Waals surface area (Å²) in [5.74, 6) is -0.204. The molecule has 2 aromatic carbocycles. The monoisotopic (exact) mass is 452 g/mol. The third-order valence-electron chi connectivity index (χ3n) is 5.89. The van der Waals surface area contributed by atoms with Gasteiger partial charge in [0.05, 0.1) is 5.69 Å². The number of aromatic nitrogens is 1. The Labute approximate surface area is 176 Å². The number of anilines is 1. The zero-order chi connectivity index (χ0) is 20.2. The highest BCUT2D eigenvalue weighted by atomic mass is 79.9. The largest absolute Gasteiger partial charge is 0.355 e. The van der Waals surface area contributed by atoms with Crippen LogP contribution in [-0.4, -0.2) is 34.9 Å². The Morgan fingerprint density at radius 2 is 2.10 bits per heavy atom. The average molecular weight is 453 g/mol. The van der Waals surface area contributed by atoms with E-state index in [-0.39, 0.29) is 11.9 Å². The minimum absolute atomic E-state index is 0.204. The van der Waals surface area contributed by atoms with E-state index in [0.29, 0.717) is 19.5 Å². The number of H-pyrrole nitrogens is 1. The second kappa shape index (κ2) is 6.62. The fourth-order valence-corrected chi connectivity index (χ4v) is 5.01. The van der Waals surface area contributed by atoms with Gasteiger partial charge in [-0.25, -0.2) is 4.79 Å². The van der Waals surface area contributed by atoms with Crippen molar-refractivity contribution in [3.8, 4) is 0 Å². The molecule has 29 heavy (non-hydrogen) atoms. The maximum atomic E-state index is 13.6. The van der Waals surface area contributed by atoms with Crippen LogP contribution >= 0.6 is 15.9 Å². The molecule has 1 aromatic heterocycles. The number of carbonyl (C=O) groups excluding carboxylic acids is 2. The molecule has 0 radical (unpaired) electrons. The van der Waals surface area contributed by atoms with Crippen molar-refractivity contribution in [2.45, 2.75) is 25.3 Å². The molecule has 0 unspecified atom stereocenters. The molecule has 1 atom stereocenters. The Balaban J connectivity index is 1.80. The summed E-state index contributed by atoms with van der Waals surface area (Å²) in [6.07, 6.45) is 1.52. The molecule has 0 saturated heterocycles. The molecule has 2 aliphatic rings. The van der Waals surface area contributed by atoms with Crippen molar-refractivity contribution < 1.29 is 9.59 Å². The molecule has 0 fully saturated rings. The van der Waals surface area contributed by atoms with Gasteiger partial charge in [0, 0.05) is 39.7 Å². The molecule has 7 heteroatoms. The second-order valence-electron chi connectivity index (χ2n) is 7.51. The number of amides is 3. The fourth-order valence-electron chi connectivity index (χ4n) is 4.65. The van der Waals surface area contributed by atoms with Crippen LogP contribution in [0.15, 0.2) is 46.9 Å². The van der Waals surface area contributed by atoms with Crippen LogP contribution in [0.5, 0.6) is 0 Å². The van der Waals surface area contributed by atoms with E-state index < -0.39 is 5.54 Å². The number of para-hydroxylation sites is 1. The van der Waals surface area contributed by atoms with Crippen molar-refractivity contribution in [1.82, 2.24) is 15.2 Å². The molecule has 5 rings (SSSR count). The maximum absolute atomic E-state index is 13.6. The molecule has 3 amide bonds. The topological polar surface area (TPSA) is 77.2 Å². The molecule has 0 aliphatic carbocycles. The number of aromatic amines is 1. The molecule has 1 spiro atoms. The van der Waals surface area contributed by atoms with Crippen molar-refractivity contribution in [2.24, 2.45) is 0 Å². The van der Waals surface area contributed by atoms with Crippen LogP contribution in [0.25, 0.3) is 10.9 Å². The number of nitrogens with one attached hydrogen (secondary N) is 3. The predicted octanol–water partition coefficient (Wildman–Crippen LogP) is 4.10. The quantitative estimate of drug-likeness (QED) is 0.547. The average Bonchev–Trinajstić information content (AvgIpc) is 3.23. The zero-order valence-electron chi connectivity index (χ0n) is 16.0. The lowest BCUT2D eigenvalue weighted by Crippen LogP contribution is -2.60. The van der Waals surface area contributed by atoms with E-state index in [1.54, 1.807) is 4.90 Å². The fraction of sp³-hybridized carbons (Fsp3) is 0.273. The number of rotatable bonds is 2. The minimum Gasteiger partial charge on any atom is -0.355 e. The van der Waals surface area contributed by atoms with Gasteiger partial charge in [0.1, 0.15) is 0 Å². The van der Waals surface area contributed by atoms with Crippen molar-refractivity contribution in [3.63, 3.8) is 0 Å². The van der Waals surface area contributed by atoms with Crippen molar-refractivity contribution in [1.29, 1.82) is 0 Å². The van der Waals surface area contributed by atoms with Crippen LogP contribution in [-0.2, 0) is 16.8 Å². The second-order valence-corrected chi connectivity index (χ2v) is 8.43. The molecule has 6 nitrogen and oxygen atoms in total. The number of hydrogen-bond acceptors (Lipinski definition) is 2. The van der Waals surface area contributed by atoms with E-state index in [9.17, 15) is 9.59 Å². The Bertz CT molecular complexity index is 1150. The van der Waals surface area contributed by atoms with Gasteiger partial charge in [-0.05, 0) is 42.7 Å². The number of hydrogen-bond donors (Lipinski definition) is 3. The first-order valence-electron chi connectivity index (χ1n) is 9.84. The zero-order valence-corrected chi connectivity index (χ0v) is 17.6. The number of nitrogens with zero attached hydrogens (tertiary/aromatic N) is 1. The van der Waals surface area contributed by atoms with E-state index >= 15 is 0 Å². The Hall–Kier alpha value is -2.80. The van der Waals surface area contributed by atoms with Crippen molar-refractivity contribution >= 4 is 44.5 Å². The molecule has 3 N–H and O–H groups in total. The highest BCUT2D eigenvalue weighted by Gasteiger charge is 2.58. The highest BCUT2D eigenvalue weighted by molar-refractivity contribution is 9.10. The third kappa shape index (κ3) is 2.46. The summed E-state index contributed by atoms with van der Waals surface area (Å²) in [4.78, 5) is 31.9. The van der Waals surface area contributed by atoms with Gasteiger partial charge < -0.3 is 20.5 Å². The summed E-state index contributed by atoms with van der Waals surface area (Å²) in [6.45, 7) is 3.04. The van der Waals surface area contributed by atoms with Crippen LogP contribution in [0.3, 0.4) is 0 Å². The Morgan fingerprint density at radius 1 is 1.28 bits per heavy atom. The standard InChI is InChI=1S/C22H21BrN4O2/c1-2-10-24-21(29)27-11-9-15-14-5-3-4-6-17(14)25-19(15)22(27)16-12-13(23)7-8-18(16)26-20(22)28/h3-8,12,25H,2,9-11H2,1H3,(H,24,29)(H,26,28)/t22-/m1/s1. The first-order valence-corrected chi connectivity index (χ1v) is 10.6. The lowest BCUT2D eigenvalue weighted by Gasteiger charge is -2.43. The van der Waals surface area contributed by atoms with E-state index in [1.807, 2.05) is 43.3 Å². The first-order chi connectivity index (χ1) is 14.1. The van der Waals surface area contributed by atoms with Crippen LogP contribution in [0.4, 0.5) is 10.5 Å². The van der Waals surface area contributed by atoms with Gasteiger partial charge in [-0.15, -0.1) is 0 Å². The summed E-state index contributed by atoms with van der Waals surface area (Å²) >= 11 is 3.54. The summed E-state index contributed by atoms with van der Waals surface area (Å²) in [5, 5.41) is 7.08. The van der Waals surface area contributed by atoms with E-state index in [4.69, 9.17) is 0 Å². The Kier molecular flexibility index (Phi) is 4.17. The number of halogens is 1. The van der Waals surface area contributed by atoms with E-state index in [2.05, 4.69) is 37.6 Å². The van der Waals surface area contributed by atoms with Gasteiger partial charge >= 0.3 is 6.03 Å². The lowest BCUT2D eigenvalue weighted by molar-refractivity contribution is -0.124. The van der Waals surface area contributed by atoms with Crippen molar-refractivity contribution in [3.05, 3.63) is 63.8 Å². The molecular formula is C22H21BrN4O2. The molecular weight excluding hydrogens is 432 g/mol. The van der Waals surface area contributed by atoms with Gasteiger partial charge in [0.25, 0.3) is 5.91 Å². The van der Waals surface area contributed by atoms with Crippen LogP contribution in [0.2, 0.25) is 0 Å². The Morgan fingerprint density at radius 3 is 2.93 bits per heavy atom. The number of carbonyl (C=O) groups is 2. The number of benzene rings is 2. The summed E-state index contributed by atoms with van der Waals surface area (Å²) in [6, 6.07) is 13.6. The first kappa shape index (κ1) is 18.2. The van der Waals surface area contributed by atoms with Gasteiger partial charge in [-0.2, -0.15) is 0 Å². The minimum atomic E-state index is -1.22. The highest BCUT2D eigenvalue weighted by Crippen LogP contribution is 2.50. The van der Waals surface area contributed by atoms with Crippen molar-refractivity contribution in [2.75, 3.05) is 18.4 Å². The smallest absolute Gasteiger partial charge is 0.318 e. The normalized spacial score (nSPS) is 19.9. The van der Waals surface area contributed by atoms with Gasteiger partial charge in [-0.1, -0.05) is 41.1 Å². The molecule has 3 heterocycles. The van der Waals surface area contributed by atoms with E-state index in [1.165, 1.54) is 0 Å². The van der Waals surface area contributed by atoms with Crippen LogP contribution < -0.4 is 10.6 Å². The van der Waals surface area contributed by atoms with Gasteiger partial charge in [-0.3, -0.25) is 4.79 Å². The van der Waals surface area contributed by atoms with Gasteiger partial charge in [0.2, 0.25) is 0 Å². The molecule has 0 saturated carbocycles. The van der Waals surface area contributed by atoms with Crippen LogP contribution in [0.1, 0.15) is 30.2 Å². The summed E-state index contributed by atoms with van der Waals surface area (Å²) < 4.78 is 0.865. The SMILES string of the molecule is CCCNC(=O)N1CCc2c([nH]c3ccccc23)[C@]12C(=O)Nc1ccc(Br)cc12. The molecule has 2 aliphatic heterocycles. The predicted molar refractivity (Wildman–Crippen MR) is 116 cm³/mol. The number of fused-ring (bicyclic) bond motifs is 6. The third-order valence-corrected chi connectivity index (χ3v) is 6.38. The molecule has 148 valence electrons. The molecule has 3 aromatic rings. The van der Waals surface area contributed by atoms with Crippen LogP contribution in [0, 0.1) is 0 Å². The maximum Gasteiger partial charge on any atom is 0.318 e. The lowest BCUT2D eigenvalue weighted by atomic mass is 9.80. The number of urea groups is 1. The summed E-state index contributed by atoms with van der Waals surface area (Å²) in [7, 11) is 0. The summed E-state index contributed by atoms with van der Waals surface area (Å²) in [5.41, 5.74) is 3.16.